The number of azo groups is 1. The lowest BCUT2D eigenvalue weighted by Gasteiger charge is -2.26. The van der Waals surface area contributed by atoms with Crippen LogP contribution in [0, 0.1) is 18.8 Å². The Morgan fingerprint density at radius 1 is 1.21 bits per heavy atom. The van der Waals surface area contributed by atoms with E-state index in [1.807, 2.05) is 6.07 Å². The van der Waals surface area contributed by atoms with E-state index < -0.39 is 0 Å². The number of aryl methyl sites for hydroxylation is 2. The fourth-order valence-corrected chi connectivity index (χ4v) is 4.74. The minimum absolute atomic E-state index is 0.0741. The Morgan fingerprint density at radius 3 is 2.73 bits per heavy atom. The second kappa shape index (κ2) is 9.93. The third-order valence-corrected chi connectivity index (χ3v) is 6.91. The van der Waals surface area contributed by atoms with Gasteiger partial charge >= 0.3 is 0 Å². The Labute approximate surface area is 195 Å². The van der Waals surface area contributed by atoms with Crippen LogP contribution >= 0.6 is 0 Å². The standard InChI is InChI=1S/C25H35N5O3/c1-6-22-16(3)9-18(27-28-22)13-26-23-12-24(29-30(4)25(23)31)33-14-17-11-21(17)20-8-7-19(32-5)10-15(20)2/h7-8,10,12,16-18,21-22,26H,6,9,11,13-14H2,1-5H3. The van der Waals surface area contributed by atoms with Gasteiger partial charge in [-0.05, 0) is 61.3 Å². The van der Waals surface area contributed by atoms with E-state index in [9.17, 15) is 4.79 Å². The van der Waals surface area contributed by atoms with Gasteiger partial charge in [-0.25, -0.2) is 4.68 Å². The van der Waals surface area contributed by atoms with Gasteiger partial charge in [0.1, 0.15) is 11.4 Å². The predicted molar refractivity (Wildman–Crippen MR) is 129 cm³/mol. The van der Waals surface area contributed by atoms with E-state index in [2.05, 4.69) is 53.5 Å². The molecule has 1 fully saturated rings. The quantitative estimate of drug-likeness (QED) is 0.610. The summed E-state index contributed by atoms with van der Waals surface area (Å²) in [5.74, 6) is 2.78. The summed E-state index contributed by atoms with van der Waals surface area (Å²) in [6.45, 7) is 7.63. The zero-order valence-corrected chi connectivity index (χ0v) is 20.2. The fourth-order valence-electron chi connectivity index (χ4n) is 4.74. The molecule has 2 aromatic rings. The third kappa shape index (κ3) is 5.37. The zero-order chi connectivity index (χ0) is 23.5. The van der Waals surface area contributed by atoms with Gasteiger partial charge in [0.2, 0.25) is 5.88 Å². The summed E-state index contributed by atoms with van der Waals surface area (Å²) < 4.78 is 12.6. The SMILES string of the molecule is CCC1N=NC(CNc2cc(OCC3CC3c3ccc(OC)cc3C)nn(C)c2=O)CC1C. The molecule has 5 unspecified atom stereocenters. The van der Waals surface area contributed by atoms with Gasteiger partial charge in [0.15, 0.2) is 0 Å². The van der Waals surface area contributed by atoms with Gasteiger partial charge < -0.3 is 14.8 Å². The summed E-state index contributed by atoms with van der Waals surface area (Å²) in [6, 6.07) is 8.33. The average molecular weight is 454 g/mol. The van der Waals surface area contributed by atoms with Crippen LogP contribution < -0.4 is 20.3 Å². The highest BCUT2D eigenvalue weighted by atomic mass is 16.5. The molecule has 5 atom stereocenters. The van der Waals surface area contributed by atoms with Crippen LogP contribution in [0.3, 0.4) is 0 Å². The average Bonchev–Trinajstić information content (AvgIpc) is 3.58. The van der Waals surface area contributed by atoms with Gasteiger partial charge in [0.05, 0.1) is 25.8 Å². The Morgan fingerprint density at radius 2 is 2.03 bits per heavy atom. The van der Waals surface area contributed by atoms with Gasteiger partial charge in [-0.1, -0.05) is 19.9 Å². The first kappa shape index (κ1) is 23.3. The van der Waals surface area contributed by atoms with Crippen molar-refractivity contribution in [1.82, 2.24) is 9.78 Å². The van der Waals surface area contributed by atoms with E-state index in [1.165, 1.54) is 15.8 Å². The van der Waals surface area contributed by atoms with E-state index in [0.29, 0.717) is 48.5 Å². The molecule has 1 aliphatic carbocycles. The smallest absolute Gasteiger partial charge is 0.290 e. The Bertz CT molecular complexity index is 1070. The van der Waals surface area contributed by atoms with Crippen molar-refractivity contribution < 1.29 is 9.47 Å². The van der Waals surface area contributed by atoms with Crippen LogP contribution in [0.25, 0.3) is 0 Å². The van der Waals surface area contributed by atoms with Gasteiger partial charge in [0.25, 0.3) is 5.56 Å². The predicted octanol–water partition coefficient (Wildman–Crippen LogP) is 4.33. The summed E-state index contributed by atoms with van der Waals surface area (Å²) in [4.78, 5) is 12.6. The summed E-state index contributed by atoms with van der Waals surface area (Å²) in [5, 5.41) is 16.4. The van der Waals surface area contributed by atoms with Crippen LogP contribution in [0.15, 0.2) is 39.3 Å². The third-order valence-electron chi connectivity index (χ3n) is 6.91. The molecule has 0 bridgehead atoms. The van der Waals surface area contributed by atoms with E-state index in [1.54, 1.807) is 20.2 Å². The molecule has 8 heteroatoms. The summed E-state index contributed by atoms with van der Waals surface area (Å²) in [6.07, 6.45) is 3.07. The second-order valence-electron chi connectivity index (χ2n) is 9.42. The molecule has 1 aromatic carbocycles. The Hall–Kier alpha value is -2.90. The van der Waals surface area contributed by atoms with Crippen molar-refractivity contribution >= 4 is 5.69 Å². The lowest BCUT2D eigenvalue weighted by atomic mass is 9.92. The molecular formula is C25H35N5O3. The van der Waals surface area contributed by atoms with E-state index in [0.717, 1.165) is 25.0 Å². The van der Waals surface area contributed by atoms with Crippen molar-refractivity contribution in [3.63, 3.8) is 0 Å². The number of nitrogens with zero attached hydrogens (tertiary/aromatic N) is 4. The maximum Gasteiger partial charge on any atom is 0.290 e. The first-order chi connectivity index (χ1) is 15.9. The monoisotopic (exact) mass is 453 g/mol. The van der Waals surface area contributed by atoms with Gasteiger partial charge in [0, 0.05) is 25.6 Å². The highest BCUT2D eigenvalue weighted by molar-refractivity contribution is 5.43. The van der Waals surface area contributed by atoms with Crippen LogP contribution in [-0.2, 0) is 7.05 Å². The lowest BCUT2D eigenvalue weighted by molar-refractivity contribution is 0.278. The molecule has 4 rings (SSSR count). The molecule has 33 heavy (non-hydrogen) atoms. The number of hydrogen-bond acceptors (Lipinski definition) is 7. The maximum atomic E-state index is 12.6. The van der Waals surface area contributed by atoms with Crippen molar-refractivity contribution in [2.24, 2.45) is 29.1 Å². The highest BCUT2D eigenvalue weighted by Crippen LogP contribution is 2.49. The summed E-state index contributed by atoms with van der Waals surface area (Å²) in [7, 11) is 3.34. The molecule has 0 amide bonds. The van der Waals surface area contributed by atoms with Gasteiger partial charge in [-0.2, -0.15) is 10.2 Å². The number of rotatable bonds is 9. The zero-order valence-electron chi connectivity index (χ0n) is 20.2. The fraction of sp³-hybridized carbons (Fsp3) is 0.600. The van der Waals surface area contributed by atoms with E-state index >= 15 is 0 Å². The van der Waals surface area contributed by atoms with Crippen molar-refractivity contribution in [3.8, 4) is 11.6 Å². The Kier molecular flexibility index (Phi) is 7.00. The molecule has 0 saturated heterocycles. The molecule has 8 nitrogen and oxygen atoms in total. The molecule has 178 valence electrons. The Balaban J connectivity index is 1.35. The maximum absolute atomic E-state index is 12.6. The number of ether oxygens (including phenoxy) is 2. The van der Waals surface area contributed by atoms with Crippen molar-refractivity contribution in [3.05, 3.63) is 45.7 Å². The molecule has 0 radical (unpaired) electrons. The van der Waals surface area contributed by atoms with Gasteiger partial charge in [-0.3, -0.25) is 4.79 Å². The molecule has 1 aliphatic heterocycles. The van der Waals surface area contributed by atoms with Crippen molar-refractivity contribution in [1.29, 1.82) is 0 Å². The largest absolute Gasteiger partial charge is 0.497 e. The minimum Gasteiger partial charge on any atom is -0.497 e. The number of anilines is 1. The number of nitrogens with one attached hydrogen (secondary N) is 1. The van der Waals surface area contributed by atoms with Crippen LogP contribution in [0.4, 0.5) is 5.69 Å². The number of aromatic nitrogens is 2. The summed E-state index contributed by atoms with van der Waals surface area (Å²) in [5.41, 5.74) is 2.91. The first-order valence-electron chi connectivity index (χ1n) is 11.9. The molecule has 2 aliphatic rings. The van der Waals surface area contributed by atoms with E-state index in [-0.39, 0.29) is 11.6 Å². The summed E-state index contributed by atoms with van der Waals surface area (Å²) >= 11 is 0. The number of hydrogen-bond donors (Lipinski definition) is 1. The topological polar surface area (TPSA) is 90.1 Å². The van der Waals surface area contributed by atoms with Crippen molar-refractivity contribution in [2.45, 2.75) is 58.0 Å². The van der Waals surface area contributed by atoms with Crippen LogP contribution in [-0.4, -0.2) is 42.1 Å². The first-order valence-corrected chi connectivity index (χ1v) is 11.9. The molecule has 1 saturated carbocycles. The lowest BCUT2D eigenvalue weighted by Crippen LogP contribution is -2.31. The van der Waals surface area contributed by atoms with Gasteiger partial charge in [-0.15, -0.1) is 5.10 Å². The number of methoxy groups -OCH3 is 1. The second-order valence-corrected chi connectivity index (χ2v) is 9.42. The minimum atomic E-state index is -0.173. The normalized spacial score (nSPS) is 26.2. The molecular weight excluding hydrogens is 418 g/mol. The molecule has 0 spiro atoms. The molecule has 1 aromatic heterocycles. The van der Waals surface area contributed by atoms with Crippen LogP contribution in [0.2, 0.25) is 0 Å². The highest BCUT2D eigenvalue weighted by Gasteiger charge is 2.39. The molecule has 2 heterocycles. The van der Waals surface area contributed by atoms with Crippen molar-refractivity contribution in [2.75, 3.05) is 25.6 Å². The molecule has 1 N–H and O–H groups in total. The number of benzene rings is 1. The van der Waals surface area contributed by atoms with Crippen LogP contribution in [0.1, 0.15) is 50.2 Å². The van der Waals surface area contributed by atoms with Crippen LogP contribution in [0.5, 0.6) is 11.6 Å². The van der Waals surface area contributed by atoms with E-state index in [4.69, 9.17) is 9.47 Å².